The van der Waals surface area contributed by atoms with Gasteiger partial charge in [-0.2, -0.15) is 0 Å². The molecule has 2 aliphatic heterocycles. The van der Waals surface area contributed by atoms with E-state index in [-0.39, 0.29) is 29.2 Å². The first-order valence-corrected chi connectivity index (χ1v) is 11.7. The number of hydrogen-bond acceptors (Lipinski definition) is 5. The van der Waals surface area contributed by atoms with Gasteiger partial charge < -0.3 is 19.6 Å². The van der Waals surface area contributed by atoms with Crippen molar-refractivity contribution in [2.45, 2.75) is 57.1 Å². The van der Waals surface area contributed by atoms with E-state index in [0.29, 0.717) is 12.3 Å². The summed E-state index contributed by atoms with van der Waals surface area (Å²) in [6.45, 7) is 2.23. The summed E-state index contributed by atoms with van der Waals surface area (Å²) in [7, 11) is 0. The molecule has 1 N–H and O–H groups in total. The van der Waals surface area contributed by atoms with Gasteiger partial charge in [0.05, 0.1) is 11.5 Å². The second-order valence-electron chi connectivity index (χ2n) is 9.42. The highest BCUT2D eigenvalue weighted by molar-refractivity contribution is 5.86. The molecule has 1 atom stereocenters. The zero-order chi connectivity index (χ0) is 22.1. The highest BCUT2D eigenvalue weighted by Gasteiger charge is 2.50. The third kappa shape index (κ3) is 4.06. The molecule has 2 saturated heterocycles. The number of ether oxygens (including phenoxy) is 1. The summed E-state index contributed by atoms with van der Waals surface area (Å²) in [4.78, 5) is 21.7. The molecule has 3 aliphatic rings. The average Bonchev–Trinajstić information content (AvgIpc) is 3.12. The van der Waals surface area contributed by atoms with E-state index < -0.39 is 5.82 Å². The number of hydrogen-bond donors (Lipinski definition) is 1. The van der Waals surface area contributed by atoms with Gasteiger partial charge in [-0.15, -0.1) is 0 Å². The van der Waals surface area contributed by atoms with E-state index in [0.717, 1.165) is 63.7 Å². The van der Waals surface area contributed by atoms with E-state index in [4.69, 9.17) is 4.74 Å². The molecule has 32 heavy (non-hydrogen) atoms. The lowest BCUT2D eigenvalue weighted by Crippen LogP contribution is -2.50. The summed E-state index contributed by atoms with van der Waals surface area (Å²) < 4.78 is 20.4. The second kappa shape index (κ2) is 8.70. The molecular formula is C25H30FN3O3. The molecule has 5 rings (SSSR count). The maximum absolute atomic E-state index is 14.8. The Morgan fingerprint density at radius 3 is 2.59 bits per heavy atom. The Labute approximate surface area is 188 Å². The largest absolute Gasteiger partial charge is 0.454 e. The van der Waals surface area contributed by atoms with Crippen LogP contribution in [0.15, 0.2) is 42.7 Å². The maximum atomic E-state index is 14.8. The average molecular weight is 440 g/mol. The van der Waals surface area contributed by atoms with Gasteiger partial charge in [-0.25, -0.2) is 4.39 Å². The van der Waals surface area contributed by atoms with Gasteiger partial charge in [-0.3, -0.25) is 9.78 Å². The predicted molar refractivity (Wildman–Crippen MR) is 119 cm³/mol. The van der Waals surface area contributed by atoms with Crippen molar-refractivity contribution in [2.75, 3.05) is 24.5 Å². The Bertz CT molecular complexity index is 964. The van der Waals surface area contributed by atoms with Gasteiger partial charge in [-0.1, -0.05) is 0 Å². The van der Waals surface area contributed by atoms with Crippen LogP contribution >= 0.6 is 0 Å². The molecule has 3 heterocycles. The van der Waals surface area contributed by atoms with E-state index in [2.05, 4.69) is 14.8 Å². The Hall–Kier alpha value is -2.67. The lowest BCUT2D eigenvalue weighted by atomic mass is 9.78. The van der Waals surface area contributed by atoms with Crippen LogP contribution < -0.4 is 9.64 Å². The Morgan fingerprint density at radius 1 is 1.06 bits per heavy atom. The normalized spacial score (nSPS) is 28.4. The van der Waals surface area contributed by atoms with Gasteiger partial charge in [0.15, 0.2) is 11.6 Å². The van der Waals surface area contributed by atoms with Crippen molar-refractivity contribution in [2.24, 2.45) is 5.41 Å². The van der Waals surface area contributed by atoms with Crippen LogP contribution in [-0.4, -0.2) is 52.7 Å². The molecule has 1 spiro atoms. The van der Waals surface area contributed by atoms with E-state index in [1.807, 2.05) is 6.07 Å². The van der Waals surface area contributed by atoms with Crippen LogP contribution in [0.25, 0.3) is 0 Å². The van der Waals surface area contributed by atoms with Crippen LogP contribution in [0.3, 0.4) is 0 Å². The van der Waals surface area contributed by atoms with Crippen molar-refractivity contribution in [1.82, 2.24) is 9.88 Å². The number of carbonyl (C=O) groups excluding carboxylic acids is 1. The first-order valence-electron chi connectivity index (χ1n) is 11.7. The lowest BCUT2D eigenvalue weighted by molar-refractivity contribution is -0.139. The number of pyridine rings is 1. The van der Waals surface area contributed by atoms with E-state index in [9.17, 15) is 14.3 Å². The van der Waals surface area contributed by atoms with Crippen LogP contribution in [-0.2, 0) is 4.79 Å². The van der Waals surface area contributed by atoms with Crippen LogP contribution in [0.5, 0.6) is 11.5 Å². The third-order valence-corrected chi connectivity index (χ3v) is 7.39. The smallest absolute Gasteiger partial charge is 0.230 e. The number of amides is 1. The van der Waals surface area contributed by atoms with Gasteiger partial charge in [-0.05, 0) is 69.2 Å². The highest BCUT2D eigenvalue weighted by Crippen LogP contribution is 2.43. The summed E-state index contributed by atoms with van der Waals surface area (Å²) in [5.74, 6) is 0.547. The number of aliphatic hydroxyl groups excluding tert-OH is 1. The van der Waals surface area contributed by atoms with Crippen molar-refractivity contribution in [3.63, 3.8) is 0 Å². The summed E-state index contributed by atoms with van der Waals surface area (Å²) in [5, 5.41) is 9.81. The predicted octanol–water partition coefficient (Wildman–Crippen LogP) is 4.14. The SMILES string of the molecule is O=C1N([C@H]2CC[C@@H](O)CC2)CC[C@]12CCCN(c1ccc(Oc3ccncc3)c(F)c1)C2. The molecule has 1 aromatic heterocycles. The highest BCUT2D eigenvalue weighted by atomic mass is 19.1. The van der Waals surface area contributed by atoms with Gasteiger partial charge in [0.2, 0.25) is 5.91 Å². The standard InChI is InChI=1S/C25H30FN3O3/c26-22-16-19(4-7-23(22)32-21-8-12-27-13-9-21)28-14-1-10-25(17-28)11-15-29(24(25)31)18-2-5-20(30)6-3-18/h4,7-9,12-13,16,18,20,30H,1-3,5-6,10-11,14-15,17H2/t18-,20+,25-/m0/s1. The topological polar surface area (TPSA) is 65.9 Å². The molecule has 1 saturated carbocycles. The first-order chi connectivity index (χ1) is 15.5. The van der Waals surface area contributed by atoms with Gasteiger partial charge >= 0.3 is 0 Å². The van der Waals surface area contributed by atoms with Crippen LogP contribution in [0.4, 0.5) is 10.1 Å². The molecule has 0 unspecified atom stereocenters. The molecule has 1 amide bonds. The minimum atomic E-state index is -0.418. The van der Waals surface area contributed by atoms with Crippen molar-refractivity contribution in [3.8, 4) is 11.5 Å². The number of anilines is 1. The number of carbonyl (C=O) groups is 1. The Morgan fingerprint density at radius 2 is 1.84 bits per heavy atom. The molecule has 7 heteroatoms. The fourth-order valence-corrected chi connectivity index (χ4v) is 5.60. The monoisotopic (exact) mass is 439 g/mol. The summed E-state index contributed by atoms with van der Waals surface area (Å²) in [6.07, 6.45) is 8.98. The summed E-state index contributed by atoms with van der Waals surface area (Å²) in [6, 6.07) is 8.66. The molecule has 3 fully saturated rings. The van der Waals surface area contributed by atoms with Crippen LogP contribution in [0.1, 0.15) is 44.9 Å². The van der Waals surface area contributed by atoms with Crippen LogP contribution in [0.2, 0.25) is 0 Å². The maximum Gasteiger partial charge on any atom is 0.230 e. The number of rotatable bonds is 4. The molecule has 2 aromatic rings. The number of halogens is 1. The summed E-state index contributed by atoms with van der Waals surface area (Å²) in [5.41, 5.74) is 0.410. The van der Waals surface area contributed by atoms with Crippen molar-refractivity contribution in [3.05, 3.63) is 48.5 Å². The van der Waals surface area contributed by atoms with E-state index in [1.165, 1.54) is 6.07 Å². The van der Waals surface area contributed by atoms with Gasteiger partial charge in [0.25, 0.3) is 0 Å². The molecule has 0 bridgehead atoms. The van der Waals surface area contributed by atoms with Crippen molar-refractivity contribution in [1.29, 1.82) is 0 Å². The number of aliphatic hydroxyl groups is 1. The Balaban J connectivity index is 1.29. The zero-order valence-electron chi connectivity index (χ0n) is 18.3. The van der Waals surface area contributed by atoms with E-state index >= 15 is 0 Å². The second-order valence-corrected chi connectivity index (χ2v) is 9.42. The molecule has 1 aromatic carbocycles. The minimum Gasteiger partial charge on any atom is -0.454 e. The van der Waals surface area contributed by atoms with Crippen molar-refractivity contribution >= 4 is 11.6 Å². The third-order valence-electron chi connectivity index (χ3n) is 7.39. The van der Waals surface area contributed by atoms with Gasteiger partial charge in [0.1, 0.15) is 5.75 Å². The number of nitrogens with zero attached hydrogens (tertiary/aromatic N) is 3. The van der Waals surface area contributed by atoms with Crippen molar-refractivity contribution < 1.29 is 19.0 Å². The minimum absolute atomic E-state index is 0.175. The molecule has 6 nitrogen and oxygen atoms in total. The quantitative estimate of drug-likeness (QED) is 0.776. The first kappa shape index (κ1) is 21.2. The van der Waals surface area contributed by atoms with Gasteiger partial charge in [0, 0.05) is 49.8 Å². The number of benzene rings is 1. The zero-order valence-corrected chi connectivity index (χ0v) is 18.3. The van der Waals surface area contributed by atoms with E-state index in [1.54, 1.807) is 30.6 Å². The fourth-order valence-electron chi connectivity index (χ4n) is 5.60. The number of aromatic nitrogens is 1. The van der Waals surface area contributed by atoms with Crippen LogP contribution in [0, 0.1) is 11.2 Å². The fraction of sp³-hybridized carbons (Fsp3) is 0.520. The number of likely N-dealkylation sites (tertiary alicyclic amines) is 1. The summed E-state index contributed by atoms with van der Waals surface area (Å²) >= 11 is 0. The molecule has 170 valence electrons. The Kier molecular flexibility index (Phi) is 5.76. The lowest BCUT2D eigenvalue weighted by Gasteiger charge is -2.41. The molecule has 1 aliphatic carbocycles. The molecular weight excluding hydrogens is 409 g/mol. The number of piperidine rings is 1. The molecule has 0 radical (unpaired) electrons.